The SMILES string of the molecule is Cc1cc(C)c(N2C=CN(C3CCCC3)C2(C=O)C=O)c(C)c1. The second kappa shape index (κ2) is 5.84. The van der Waals surface area contributed by atoms with Crippen LogP contribution in [0.15, 0.2) is 24.5 Å². The number of carbonyl (C=O) groups excluding carboxylic acids is 2. The van der Waals surface area contributed by atoms with Gasteiger partial charge in [-0.1, -0.05) is 30.5 Å². The number of nitrogens with zero attached hydrogens (tertiary/aromatic N) is 2. The average Bonchev–Trinajstić information content (AvgIpc) is 3.13. The highest BCUT2D eigenvalue weighted by Gasteiger charge is 2.48. The van der Waals surface area contributed by atoms with E-state index in [1.807, 2.05) is 36.0 Å². The molecule has 0 saturated heterocycles. The molecule has 23 heavy (non-hydrogen) atoms. The van der Waals surface area contributed by atoms with Crippen molar-refractivity contribution in [2.75, 3.05) is 4.90 Å². The molecule has 1 fully saturated rings. The predicted molar refractivity (Wildman–Crippen MR) is 91.2 cm³/mol. The molecule has 0 radical (unpaired) electrons. The van der Waals surface area contributed by atoms with Crippen LogP contribution in [0.1, 0.15) is 42.4 Å². The largest absolute Gasteiger partial charge is 0.338 e. The summed E-state index contributed by atoms with van der Waals surface area (Å²) in [6.07, 6.45) is 9.76. The summed E-state index contributed by atoms with van der Waals surface area (Å²) in [6, 6.07) is 4.45. The van der Waals surface area contributed by atoms with Crippen molar-refractivity contribution in [3.8, 4) is 0 Å². The normalized spacial score (nSPS) is 20.3. The molecule has 0 amide bonds. The van der Waals surface area contributed by atoms with Crippen molar-refractivity contribution in [2.45, 2.75) is 58.2 Å². The van der Waals surface area contributed by atoms with E-state index in [4.69, 9.17) is 0 Å². The zero-order chi connectivity index (χ0) is 16.6. The van der Waals surface area contributed by atoms with Crippen LogP contribution < -0.4 is 4.90 Å². The number of aryl methyl sites for hydroxylation is 3. The Kier molecular flexibility index (Phi) is 4.00. The lowest BCUT2D eigenvalue weighted by Gasteiger charge is -2.41. The minimum absolute atomic E-state index is 0.262. The molecule has 4 nitrogen and oxygen atoms in total. The molecule has 4 heteroatoms. The number of carbonyl (C=O) groups is 2. The molecule has 0 aromatic heterocycles. The Labute approximate surface area is 137 Å². The Hall–Kier alpha value is -2.10. The van der Waals surface area contributed by atoms with Gasteiger partial charge in [0.05, 0.1) is 0 Å². The van der Waals surface area contributed by atoms with E-state index in [2.05, 4.69) is 19.1 Å². The molecule has 0 N–H and O–H groups in total. The van der Waals surface area contributed by atoms with Crippen LogP contribution in [0, 0.1) is 20.8 Å². The summed E-state index contributed by atoms with van der Waals surface area (Å²) in [6.45, 7) is 6.12. The van der Waals surface area contributed by atoms with Crippen LogP contribution in [-0.4, -0.2) is 29.2 Å². The molecule has 1 saturated carbocycles. The lowest BCUT2D eigenvalue weighted by molar-refractivity contribution is -0.127. The number of benzene rings is 1. The number of anilines is 1. The van der Waals surface area contributed by atoms with E-state index in [1.54, 1.807) is 0 Å². The second-order valence-corrected chi connectivity index (χ2v) is 6.78. The van der Waals surface area contributed by atoms with Gasteiger partial charge < -0.3 is 9.80 Å². The number of hydrogen-bond acceptors (Lipinski definition) is 4. The average molecular weight is 312 g/mol. The maximum Gasteiger partial charge on any atom is 0.231 e. The standard InChI is InChI=1S/C19H24N2O2/c1-14-10-15(2)18(16(3)11-14)21-9-8-20(17-6-4-5-7-17)19(21,12-22)13-23/h8-13,17H,4-7H2,1-3H3. The maximum atomic E-state index is 12.0. The van der Waals surface area contributed by atoms with Crippen LogP contribution in [0.3, 0.4) is 0 Å². The fraction of sp³-hybridized carbons (Fsp3) is 0.474. The molecule has 1 aromatic carbocycles. The van der Waals surface area contributed by atoms with Crippen LogP contribution in [-0.2, 0) is 9.59 Å². The molecule has 0 unspecified atom stereocenters. The van der Waals surface area contributed by atoms with E-state index in [0.29, 0.717) is 0 Å². The van der Waals surface area contributed by atoms with E-state index in [9.17, 15) is 9.59 Å². The minimum Gasteiger partial charge on any atom is -0.338 e. The van der Waals surface area contributed by atoms with Crippen molar-refractivity contribution < 1.29 is 9.59 Å². The molecule has 2 aliphatic rings. The van der Waals surface area contributed by atoms with Crippen molar-refractivity contribution in [1.82, 2.24) is 4.90 Å². The summed E-state index contributed by atoms with van der Waals surface area (Å²) in [5.41, 5.74) is 3.04. The zero-order valence-corrected chi connectivity index (χ0v) is 14.1. The molecule has 1 aromatic rings. The molecule has 3 rings (SSSR count). The van der Waals surface area contributed by atoms with E-state index in [-0.39, 0.29) is 6.04 Å². The van der Waals surface area contributed by atoms with E-state index in [1.165, 1.54) is 5.56 Å². The third-order valence-corrected chi connectivity index (χ3v) is 5.12. The van der Waals surface area contributed by atoms with Gasteiger partial charge in [-0.05, 0) is 44.7 Å². The number of rotatable bonds is 4. The molecular formula is C19H24N2O2. The highest BCUT2D eigenvalue weighted by atomic mass is 16.1. The summed E-state index contributed by atoms with van der Waals surface area (Å²) in [4.78, 5) is 27.9. The van der Waals surface area contributed by atoms with Crippen molar-refractivity contribution >= 4 is 18.3 Å². The first-order valence-corrected chi connectivity index (χ1v) is 8.30. The van der Waals surface area contributed by atoms with Crippen LogP contribution in [0.5, 0.6) is 0 Å². The lowest BCUT2D eigenvalue weighted by Crippen LogP contribution is -2.59. The third kappa shape index (κ3) is 2.37. The topological polar surface area (TPSA) is 40.6 Å². The molecule has 0 spiro atoms. The smallest absolute Gasteiger partial charge is 0.231 e. The van der Waals surface area contributed by atoms with E-state index < -0.39 is 5.66 Å². The zero-order valence-electron chi connectivity index (χ0n) is 14.1. The lowest BCUT2D eigenvalue weighted by atomic mass is 10.0. The van der Waals surface area contributed by atoms with Crippen molar-refractivity contribution in [1.29, 1.82) is 0 Å². The summed E-state index contributed by atoms with van der Waals surface area (Å²) < 4.78 is 0. The summed E-state index contributed by atoms with van der Waals surface area (Å²) >= 11 is 0. The van der Waals surface area contributed by atoms with Crippen molar-refractivity contribution in [3.05, 3.63) is 41.2 Å². The van der Waals surface area contributed by atoms with Gasteiger partial charge >= 0.3 is 0 Å². The first kappa shape index (κ1) is 15.8. The van der Waals surface area contributed by atoms with Crippen LogP contribution >= 0.6 is 0 Å². The molecule has 0 atom stereocenters. The molecular weight excluding hydrogens is 288 g/mol. The second-order valence-electron chi connectivity index (χ2n) is 6.78. The molecule has 122 valence electrons. The fourth-order valence-corrected chi connectivity index (χ4v) is 4.17. The van der Waals surface area contributed by atoms with E-state index in [0.717, 1.165) is 55.1 Å². The van der Waals surface area contributed by atoms with Gasteiger partial charge in [0.2, 0.25) is 5.66 Å². The van der Waals surface area contributed by atoms with Gasteiger partial charge in [0, 0.05) is 24.1 Å². The van der Waals surface area contributed by atoms with Gasteiger partial charge in [0.1, 0.15) is 0 Å². The molecule has 0 bridgehead atoms. The quantitative estimate of drug-likeness (QED) is 0.632. The number of aldehydes is 2. The molecule has 1 aliphatic carbocycles. The van der Waals surface area contributed by atoms with Crippen LogP contribution in [0.4, 0.5) is 5.69 Å². The van der Waals surface area contributed by atoms with Gasteiger partial charge in [-0.3, -0.25) is 9.59 Å². The first-order valence-electron chi connectivity index (χ1n) is 8.30. The van der Waals surface area contributed by atoms with Gasteiger partial charge in [0.25, 0.3) is 0 Å². The Bertz CT molecular complexity index is 628. The Morgan fingerprint density at radius 3 is 2.09 bits per heavy atom. The summed E-state index contributed by atoms with van der Waals surface area (Å²) in [5.74, 6) is 0. The number of hydrogen-bond donors (Lipinski definition) is 0. The maximum absolute atomic E-state index is 12.0. The Morgan fingerprint density at radius 2 is 1.57 bits per heavy atom. The Balaban J connectivity index is 2.08. The van der Waals surface area contributed by atoms with Gasteiger partial charge in [0.15, 0.2) is 12.6 Å². The van der Waals surface area contributed by atoms with E-state index >= 15 is 0 Å². The highest BCUT2D eigenvalue weighted by molar-refractivity contribution is 5.96. The van der Waals surface area contributed by atoms with Crippen molar-refractivity contribution in [2.24, 2.45) is 0 Å². The van der Waals surface area contributed by atoms with Gasteiger partial charge in [-0.25, -0.2) is 0 Å². The van der Waals surface area contributed by atoms with Gasteiger partial charge in [-0.2, -0.15) is 0 Å². The monoisotopic (exact) mass is 312 g/mol. The Morgan fingerprint density at radius 1 is 1.00 bits per heavy atom. The molecule has 1 heterocycles. The summed E-state index contributed by atoms with van der Waals surface area (Å²) in [5, 5.41) is 0. The summed E-state index contributed by atoms with van der Waals surface area (Å²) in [7, 11) is 0. The van der Waals surface area contributed by atoms with Crippen LogP contribution in [0.25, 0.3) is 0 Å². The minimum atomic E-state index is -1.25. The highest BCUT2D eigenvalue weighted by Crippen LogP contribution is 2.39. The van der Waals surface area contributed by atoms with Gasteiger partial charge in [-0.15, -0.1) is 0 Å². The third-order valence-electron chi connectivity index (χ3n) is 5.12. The molecule has 1 aliphatic heterocycles. The predicted octanol–water partition coefficient (Wildman–Crippen LogP) is 3.24. The van der Waals surface area contributed by atoms with Crippen LogP contribution in [0.2, 0.25) is 0 Å². The first-order chi connectivity index (χ1) is 11.0. The fourth-order valence-electron chi connectivity index (χ4n) is 4.17. The van der Waals surface area contributed by atoms with Crippen molar-refractivity contribution in [3.63, 3.8) is 0 Å².